The first-order chi connectivity index (χ1) is 19.8. The molecular formula is C38H63NO3. The van der Waals surface area contributed by atoms with Crippen LogP contribution in [0.1, 0.15) is 131 Å². The second-order valence-electron chi connectivity index (χ2n) is 17.6. The molecule has 6 aliphatic rings. The van der Waals surface area contributed by atoms with Gasteiger partial charge in [-0.25, -0.2) is 0 Å². The number of carbonyl (C=O) groups is 1. The van der Waals surface area contributed by atoms with Crippen LogP contribution in [0.15, 0.2) is 12.2 Å². The van der Waals surface area contributed by atoms with Gasteiger partial charge in [0.2, 0.25) is 0 Å². The molecule has 1 aliphatic heterocycles. The molecule has 1 N–H and O–H groups in total. The molecule has 0 amide bonds. The number of likely N-dealkylation sites (tertiary alicyclic amines) is 1. The Morgan fingerprint density at radius 1 is 0.857 bits per heavy atom. The lowest BCUT2D eigenvalue weighted by Crippen LogP contribution is -2.67. The fourth-order valence-electron chi connectivity index (χ4n) is 13.3. The third-order valence-electron chi connectivity index (χ3n) is 15.8. The van der Waals surface area contributed by atoms with Gasteiger partial charge in [-0.15, -0.1) is 0 Å². The first kappa shape index (κ1) is 31.1. The fraction of sp³-hybridized carbons (Fsp3) is 0.921. The van der Waals surface area contributed by atoms with E-state index >= 15 is 0 Å². The Bertz CT molecular complexity index is 1050. The number of fused-ring (bicyclic) bond motifs is 7. The smallest absolute Gasteiger partial charge is 0.312 e. The Kier molecular flexibility index (Phi) is 8.07. The Labute approximate surface area is 257 Å². The van der Waals surface area contributed by atoms with Crippen molar-refractivity contribution in [2.45, 2.75) is 138 Å². The summed E-state index contributed by atoms with van der Waals surface area (Å²) in [4.78, 5) is 16.8. The van der Waals surface area contributed by atoms with E-state index in [1.165, 1.54) is 63.6 Å². The van der Waals surface area contributed by atoms with Crippen molar-refractivity contribution < 1.29 is 14.6 Å². The highest BCUT2D eigenvalue weighted by Gasteiger charge is 2.72. The lowest BCUT2D eigenvalue weighted by Gasteiger charge is -2.72. The van der Waals surface area contributed by atoms with Crippen LogP contribution < -0.4 is 0 Å². The molecule has 238 valence electrons. The van der Waals surface area contributed by atoms with Gasteiger partial charge in [-0.1, -0.05) is 53.2 Å². The highest BCUT2D eigenvalue weighted by molar-refractivity contribution is 5.78. The molecule has 10 atom stereocenters. The quantitative estimate of drug-likeness (QED) is 0.194. The van der Waals surface area contributed by atoms with E-state index in [4.69, 9.17) is 4.74 Å². The Balaban J connectivity index is 1.24. The second kappa shape index (κ2) is 10.9. The normalized spacial score (nSPS) is 48.4. The predicted molar refractivity (Wildman–Crippen MR) is 171 cm³/mol. The van der Waals surface area contributed by atoms with Crippen molar-refractivity contribution >= 4 is 5.97 Å². The molecule has 0 radical (unpaired) electrons. The van der Waals surface area contributed by atoms with Gasteiger partial charge in [0, 0.05) is 6.54 Å². The van der Waals surface area contributed by atoms with Gasteiger partial charge in [0.05, 0.1) is 18.1 Å². The molecule has 1 heterocycles. The maximum absolute atomic E-state index is 14.2. The van der Waals surface area contributed by atoms with Gasteiger partial charge in [-0.2, -0.15) is 0 Å². The van der Waals surface area contributed by atoms with Crippen LogP contribution in [0.2, 0.25) is 0 Å². The van der Waals surface area contributed by atoms with Crippen molar-refractivity contribution in [1.82, 2.24) is 4.90 Å². The molecule has 4 nitrogen and oxygen atoms in total. The lowest BCUT2D eigenvalue weighted by atomic mass is 9.32. The van der Waals surface area contributed by atoms with Crippen LogP contribution in [-0.2, 0) is 9.53 Å². The van der Waals surface area contributed by atoms with Gasteiger partial charge in [0.25, 0.3) is 0 Å². The molecule has 0 aromatic carbocycles. The highest BCUT2D eigenvalue weighted by atomic mass is 16.5. The number of nitrogens with zero attached hydrogens (tertiary/aromatic N) is 1. The average molecular weight is 582 g/mol. The zero-order valence-corrected chi connectivity index (χ0v) is 28.1. The van der Waals surface area contributed by atoms with Gasteiger partial charge >= 0.3 is 5.97 Å². The van der Waals surface area contributed by atoms with Gasteiger partial charge in [0.15, 0.2) is 0 Å². The second-order valence-corrected chi connectivity index (χ2v) is 17.6. The van der Waals surface area contributed by atoms with Crippen LogP contribution >= 0.6 is 0 Å². The standard InChI is InChI=1S/C38H63NO3/c1-26(2)27-14-19-38(33(41)42-25-11-24-39-22-9-8-10-23-39)21-20-36(6)28(32(27)38)12-13-30-35(5)17-16-31(40)34(3,4)29(35)15-18-37(30,36)7/h27-32,40H,1,8-25H2,2-7H3. The van der Waals surface area contributed by atoms with E-state index in [0.29, 0.717) is 36.2 Å². The van der Waals surface area contributed by atoms with Crippen LogP contribution in [0.25, 0.3) is 0 Å². The SMILES string of the molecule is C=C(C)C1CCC2(C(=O)OCCCN3CCCCC3)CCC3(C)C(CCC4C5(C)CCC(O)C(C)(C)C5CCC43C)C12. The number of aliphatic hydroxyl groups is 1. The van der Waals surface area contributed by atoms with Crippen LogP contribution in [0.4, 0.5) is 0 Å². The molecule has 0 aromatic rings. The maximum atomic E-state index is 14.2. The summed E-state index contributed by atoms with van der Waals surface area (Å²) in [5.74, 6) is 2.77. The summed E-state index contributed by atoms with van der Waals surface area (Å²) in [6.45, 7) is 23.4. The number of rotatable bonds is 6. The van der Waals surface area contributed by atoms with E-state index in [9.17, 15) is 9.90 Å². The Morgan fingerprint density at radius 3 is 2.31 bits per heavy atom. The zero-order chi connectivity index (χ0) is 30.1. The third-order valence-corrected chi connectivity index (χ3v) is 15.8. The van der Waals surface area contributed by atoms with Gasteiger partial charge in [-0.05, 0) is 155 Å². The lowest BCUT2D eigenvalue weighted by molar-refractivity contribution is -0.248. The molecule has 42 heavy (non-hydrogen) atoms. The van der Waals surface area contributed by atoms with E-state index in [-0.39, 0.29) is 39.1 Å². The highest BCUT2D eigenvalue weighted by Crippen LogP contribution is 2.77. The molecule has 5 aliphatic carbocycles. The number of hydrogen-bond acceptors (Lipinski definition) is 4. The van der Waals surface area contributed by atoms with Crippen LogP contribution in [-0.4, -0.2) is 48.3 Å². The summed E-state index contributed by atoms with van der Waals surface area (Å²) in [6.07, 6.45) is 16.1. The summed E-state index contributed by atoms with van der Waals surface area (Å²) in [7, 11) is 0. The summed E-state index contributed by atoms with van der Waals surface area (Å²) in [6, 6.07) is 0. The van der Waals surface area contributed by atoms with Crippen molar-refractivity contribution in [3.8, 4) is 0 Å². The summed E-state index contributed by atoms with van der Waals surface area (Å²) >= 11 is 0. The molecule has 6 fully saturated rings. The molecule has 6 rings (SSSR count). The van der Waals surface area contributed by atoms with Crippen molar-refractivity contribution in [2.24, 2.45) is 56.7 Å². The molecule has 0 spiro atoms. The van der Waals surface area contributed by atoms with E-state index in [1.807, 2.05) is 0 Å². The van der Waals surface area contributed by atoms with Crippen molar-refractivity contribution in [2.75, 3.05) is 26.2 Å². The molecule has 5 saturated carbocycles. The summed E-state index contributed by atoms with van der Waals surface area (Å²) < 4.78 is 6.25. The fourth-order valence-corrected chi connectivity index (χ4v) is 13.3. The zero-order valence-electron chi connectivity index (χ0n) is 28.1. The van der Waals surface area contributed by atoms with Gasteiger partial charge in [-0.3, -0.25) is 4.79 Å². The van der Waals surface area contributed by atoms with Crippen molar-refractivity contribution in [3.05, 3.63) is 12.2 Å². The van der Waals surface area contributed by atoms with Gasteiger partial charge < -0.3 is 14.7 Å². The molecule has 0 aromatic heterocycles. The minimum Gasteiger partial charge on any atom is -0.465 e. The molecular weight excluding hydrogens is 518 g/mol. The minimum atomic E-state index is -0.319. The number of carbonyl (C=O) groups excluding carboxylic acids is 1. The van der Waals surface area contributed by atoms with E-state index in [1.54, 1.807) is 0 Å². The predicted octanol–water partition coefficient (Wildman–Crippen LogP) is 8.42. The maximum Gasteiger partial charge on any atom is 0.312 e. The van der Waals surface area contributed by atoms with E-state index in [0.717, 1.165) is 51.5 Å². The first-order valence-electron chi connectivity index (χ1n) is 18.0. The molecule has 10 unspecified atom stereocenters. The third kappa shape index (κ3) is 4.45. The first-order valence-corrected chi connectivity index (χ1v) is 18.0. The van der Waals surface area contributed by atoms with Crippen LogP contribution in [0.5, 0.6) is 0 Å². The van der Waals surface area contributed by atoms with Crippen LogP contribution in [0.3, 0.4) is 0 Å². The number of hydrogen-bond donors (Lipinski definition) is 1. The van der Waals surface area contributed by atoms with Crippen molar-refractivity contribution in [1.29, 1.82) is 0 Å². The number of esters is 1. The summed E-state index contributed by atoms with van der Waals surface area (Å²) in [5.41, 5.74) is 1.74. The largest absolute Gasteiger partial charge is 0.465 e. The topological polar surface area (TPSA) is 49.8 Å². The molecule has 0 bridgehead atoms. The Morgan fingerprint density at radius 2 is 1.60 bits per heavy atom. The number of aliphatic hydroxyl groups excluding tert-OH is 1. The van der Waals surface area contributed by atoms with Crippen molar-refractivity contribution in [3.63, 3.8) is 0 Å². The minimum absolute atomic E-state index is 0.0118. The number of piperidine rings is 1. The average Bonchev–Trinajstić information content (AvgIpc) is 3.36. The van der Waals surface area contributed by atoms with Gasteiger partial charge in [0.1, 0.15) is 0 Å². The molecule has 1 saturated heterocycles. The Hall–Kier alpha value is -0.870. The molecule has 4 heteroatoms. The van der Waals surface area contributed by atoms with E-state index in [2.05, 4.69) is 53.0 Å². The number of ether oxygens (including phenoxy) is 1. The monoisotopic (exact) mass is 581 g/mol. The van der Waals surface area contributed by atoms with Crippen LogP contribution in [0, 0.1) is 56.7 Å². The van der Waals surface area contributed by atoms with E-state index < -0.39 is 0 Å². The number of allylic oxidation sites excluding steroid dienone is 1. The summed E-state index contributed by atoms with van der Waals surface area (Å²) in [5, 5.41) is 11.0.